The summed E-state index contributed by atoms with van der Waals surface area (Å²) in [5.41, 5.74) is 0. The van der Waals surface area contributed by atoms with Gasteiger partial charge < -0.3 is 0 Å². The summed E-state index contributed by atoms with van der Waals surface area (Å²) in [5.74, 6) is -13.4. The second-order valence-electron chi connectivity index (χ2n) is 3.42. The first-order chi connectivity index (χ1) is 8.41. The maximum Gasteiger partial charge on any atom is 0.453 e. The Hall–Kier alpha value is -0.920. The topological polar surface area (TPSA) is 18.5 Å². The summed E-state index contributed by atoms with van der Waals surface area (Å²) in [6.07, 6.45) is -27.6. The number of hydrogen-bond acceptors (Lipinski definition) is 2. The largest absolute Gasteiger partial charge is 0.453 e. The van der Waals surface area contributed by atoms with Crippen LogP contribution in [0.15, 0.2) is 0 Å². The molecule has 0 saturated carbocycles. The first kappa shape index (κ1) is 17.1. The molecule has 1 fully saturated rings. The van der Waals surface area contributed by atoms with Crippen LogP contribution in [-0.2, 0) is 9.47 Å². The van der Waals surface area contributed by atoms with E-state index >= 15 is 0 Å². The smallest absolute Gasteiger partial charge is 0.266 e. The van der Waals surface area contributed by atoms with E-state index in [2.05, 4.69) is 0 Å². The van der Waals surface area contributed by atoms with E-state index in [0.29, 0.717) is 0 Å². The van der Waals surface area contributed by atoms with Gasteiger partial charge in [0.1, 0.15) is 0 Å². The molecule has 0 unspecified atom stereocenters. The third-order valence-corrected chi connectivity index (χ3v) is 2.02. The van der Waals surface area contributed by atoms with E-state index in [4.69, 9.17) is 0 Å². The molecule has 0 aromatic heterocycles. The fraction of sp³-hybridized carbons (Fsp3) is 1.00. The maximum atomic E-state index is 12.5. The van der Waals surface area contributed by atoms with Crippen LogP contribution >= 0.6 is 0 Å². The lowest BCUT2D eigenvalue weighted by Crippen LogP contribution is -2.75. The van der Waals surface area contributed by atoms with Gasteiger partial charge in [0, 0.05) is 0 Å². The van der Waals surface area contributed by atoms with Gasteiger partial charge in [0.15, 0.2) is 0 Å². The van der Waals surface area contributed by atoms with Gasteiger partial charge in [0.2, 0.25) is 0 Å². The molecule has 0 bridgehead atoms. The van der Waals surface area contributed by atoms with E-state index in [1.807, 2.05) is 9.47 Å². The Bertz CT molecular complexity index is 356. The highest BCUT2D eigenvalue weighted by molar-refractivity contribution is 5.00. The van der Waals surface area contributed by atoms with Gasteiger partial charge in [-0.25, -0.2) is 0 Å². The van der Waals surface area contributed by atoms with Crippen molar-refractivity contribution in [2.75, 3.05) is 0 Å². The minimum absolute atomic E-state index is 1.91. The third-order valence-electron chi connectivity index (χ3n) is 2.02. The molecule has 1 rings (SSSR count). The van der Waals surface area contributed by atoms with Gasteiger partial charge >= 0.3 is 36.3 Å². The van der Waals surface area contributed by atoms with Crippen molar-refractivity contribution in [2.24, 2.45) is 0 Å². The molecule has 0 atom stereocenters. The molecule has 1 aliphatic rings. The molecule has 20 heavy (non-hydrogen) atoms. The summed E-state index contributed by atoms with van der Waals surface area (Å²) >= 11 is 0. The van der Waals surface area contributed by atoms with Gasteiger partial charge in [-0.05, 0) is 0 Å². The fourth-order valence-electron chi connectivity index (χ4n) is 1.07. The van der Waals surface area contributed by atoms with Crippen LogP contribution in [0.5, 0.6) is 0 Å². The molecule has 1 heterocycles. The second kappa shape index (κ2) is 3.84. The summed E-state index contributed by atoms with van der Waals surface area (Å²) < 4.78 is 152. The van der Waals surface area contributed by atoms with Gasteiger partial charge in [-0.3, -0.25) is 9.47 Å². The zero-order valence-corrected chi connectivity index (χ0v) is 8.35. The molecular weight excluding hydrogens is 332 g/mol. The molecule has 2 nitrogen and oxygen atoms in total. The average molecular weight is 332 g/mol. The second-order valence-corrected chi connectivity index (χ2v) is 3.42. The molecule has 0 spiro atoms. The predicted octanol–water partition coefficient (Wildman–Crippen LogP) is 3.67. The van der Waals surface area contributed by atoms with Crippen molar-refractivity contribution in [3.8, 4) is 0 Å². The van der Waals surface area contributed by atoms with Crippen molar-refractivity contribution in [3.63, 3.8) is 0 Å². The molecule has 0 radical (unpaired) electrons. The van der Waals surface area contributed by atoms with Crippen molar-refractivity contribution >= 4 is 0 Å². The number of ether oxygens (including phenoxy) is 2. The highest BCUT2D eigenvalue weighted by Crippen LogP contribution is 2.61. The molecule has 0 aromatic rings. The first-order valence-corrected chi connectivity index (χ1v) is 4.08. The van der Waals surface area contributed by atoms with Gasteiger partial charge in [0.05, 0.1) is 0 Å². The molecule has 1 saturated heterocycles. The van der Waals surface area contributed by atoms with Crippen molar-refractivity contribution in [2.45, 2.75) is 36.3 Å². The van der Waals surface area contributed by atoms with Crippen LogP contribution in [0, 0.1) is 0 Å². The van der Waals surface area contributed by atoms with E-state index in [1.54, 1.807) is 0 Å². The summed E-state index contributed by atoms with van der Waals surface area (Å²) in [4.78, 5) is 0. The minimum Gasteiger partial charge on any atom is -0.266 e. The van der Waals surface area contributed by atoms with Crippen LogP contribution in [0.25, 0.3) is 0 Å². The zero-order chi connectivity index (χ0) is 16.4. The lowest BCUT2D eigenvalue weighted by molar-refractivity contribution is -0.625. The highest BCUT2D eigenvalue weighted by atomic mass is 19.4. The molecule has 0 amide bonds. The van der Waals surface area contributed by atoms with E-state index in [1.165, 1.54) is 0 Å². The quantitative estimate of drug-likeness (QED) is 0.630. The van der Waals surface area contributed by atoms with Crippen LogP contribution in [-0.4, -0.2) is 36.3 Å². The molecule has 14 heteroatoms. The molecule has 0 N–H and O–H groups in total. The SMILES string of the molecule is FC(F)(F)C1(C(F)(F)F)OC(F)(F)C(F)(F)C(F)(F)O1. The number of halogens is 12. The monoisotopic (exact) mass is 332 g/mol. The van der Waals surface area contributed by atoms with Crippen LogP contribution in [0.3, 0.4) is 0 Å². The van der Waals surface area contributed by atoms with Crippen LogP contribution in [0.1, 0.15) is 0 Å². The number of hydrogen-bond donors (Lipinski definition) is 0. The first-order valence-electron chi connectivity index (χ1n) is 4.08. The summed E-state index contributed by atoms with van der Waals surface area (Å²) in [7, 11) is 0. The number of alkyl halides is 12. The summed E-state index contributed by atoms with van der Waals surface area (Å²) in [5, 5.41) is 0. The van der Waals surface area contributed by atoms with Crippen molar-refractivity contribution in [1.82, 2.24) is 0 Å². The maximum absolute atomic E-state index is 12.5. The van der Waals surface area contributed by atoms with Gasteiger partial charge in [-0.1, -0.05) is 0 Å². The van der Waals surface area contributed by atoms with E-state index in [-0.39, 0.29) is 0 Å². The molecule has 120 valence electrons. The van der Waals surface area contributed by atoms with Gasteiger partial charge in [-0.2, -0.15) is 52.7 Å². The van der Waals surface area contributed by atoms with Crippen molar-refractivity contribution < 1.29 is 62.2 Å². The Labute approximate surface area is 99.8 Å². The third kappa shape index (κ3) is 1.99. The lowest BCUT2D eigenvalue weighted by Gasteiger charge is -2.47. The number of rotatable bonds is 0. The predicted molar refractivity (Wildman–Crippen MR) is 31.9 cm³/mol. The van der Waals surface area contributed by atoms with Crippen molar-refractivity contribution in [1.29, 1.82) is 0 Å². The van der Waals surface area contributed by atoms with E-state index < -0.39 is 36.3 Å². The Kier molecular flexibility index (Phi) is 3.29. The Balaban J connectivity index is 3.55. The average Bonchev–Trinajstić information content (AvgIpc) is 2.09. The Morgan fingerprint density at radius 1 is 0.550 bits per heavy atom. The molecule has 1 aliphatic heterocycles. The Morgan fingerprint density at radius 2 is 0.800 bits per heavy atom. The standard InChI is InChI=1S/C6F12O2/c7-1(8)5(15,16)19-2(3(9,10)11,4(12,13)14)20-6(1,17)18. The van der Waals surface area contributed by atoms with Crippen LogP contribution in [0.2, 0.25) is 0 Å². The van der Waals surface area contributed by atoms with E-state index in [9.17, 15) is 52.7 Å². The van der Waals surface area contributed by atoms with Crippen LogP contribution < -0.4 is 0 Å². The summed E-state index contributed by atoms with van der Waals surface area (Å²) in [6.45, 7) is 0. The van der Waals surface area contributed by atoms with E-state index in [0.717, 1.165) is 0 Å². The normalized spacial score (nSPS) is 28.2. The Morgan fingerprint density at radius 3 is 1.00 bits per heavy atom. The lowest BCUT2D eigenvalue weighted by atomic mass is 10.1. The molecular formula is C6F12O2. The minimum atomic E-state index is -7.03. The van der Waals surface area contributed by atoms with Crippen molar-refractivity contribution in [3.05, 3.63) is 0 Å². The fourth-order valence-corrected chi connectivity index (χ4v) is 1.07. The highest BCUT2D eigenvalue weighted by Gasteiger charge is 2.90. The zero-order valence-electron chi connectivity index (χ0n) is 8.35. The molecule has 0 aliphatic carbocycles. The summed E-state index contributed by atoms with van der Waals surface area (Å²) in [6, 6.07) is 0. The van der Waals surface area contributed by atoms with Crippen LogP contribution in [0.4, 0.5) is 52.7 Å². The molecule has 0 aromatic carbocycles. The van der Waals surface area contributed by atoms with Gasteiger partial charge in [0.25, 0.3) is 0 Å². The van der Waals surface area contributed by atoms with Gasteiger partial charge in [-0.15, -0.1) is 0 Å².